The lowest BCUT2D eigenvalue weighted by Gasteiger charge is -2.16. The van der Waals surface area contributed by atoms with Crippen LogP contribution in [0.5, 0.6) is 5.75 Å². The van der Waals surface area contributed by atoms with E-state index in [2.05, 4.69) is 4.72 Å². The van der Waals surface area contributed by atoms with Crippen molar-refractivity contribution < 1.29 is 26.0 Å². The topological polar surface area (TPSA) is 103 Å². The van der Waals surface area contributed by atoms with Gasteiger partial charge in [0.05, 0.1) is 18.3 Å². The number of sulfone groups is 1. The van der Waals surface area contributed by atoms with Gasteiger partial charge in [0.1, 0.15) is 21.0 Å². The van der Waals surface area contributed by atoms with Crippen LogP contribution in [0.4, 0.5) is 0 Å². The van der Waals surface area contributed by atoms with Gasteiger partial charge in [0, 0.05) is 6.54 Å². The van der Waals surface area contributed by atoms with Crippen LogP contribution in [0.1, 0.15) is 16.6 Å². The first-order chi connectivity index (χ1) is 13.3. The van der Waals surface area contributed by atoms with E-state index >= 15 is 0 Å². The van der Waals surface area contributed by atoms with E-state index in [1.54, 1.807) is 30.5 Å². The second kappa shape index (κ2) is 8.08. The highest BCUT2D eigenvalue weighted by atomic mass is 32.2. The van der Waals surface area contributed by atoms with Crippen LogP contribution in [0.3, 0.4) is 0 Å². The molecular weight excluding hydrogens is 422 g/mol. The number of sulfonamides is 1. The molecule has 0 aliphatic heterocycles. The number of rotatable bonds is 8. The van der Waals surface area contributed by atoms with Crippen LogP contribution in [0.25, 0.3) is 0 Å². The molecule has 1 aromatic carbocycles. The first-order valence-corrected chi connectivity index (χ1v) is 12.1. The van der Waals surface area contributed by atoms with Gasteiger partial charge in [-0.25, -0.2) is 21.6 Å². The number of nitrogens with one attached hydrogen (secondary N) is 1. The van der Waals surface area contributed by atoms with Gasteiger partial charge in [-0.3, -0.25) is 0 Å². The van der Waals surface area contributed by atoms with E-state index in [-0.39, 0.29) is 21.4 Å². The number of hydrogen-bond acceptors (Lipinski definition) is 7. The Morgan fingerprint density at radius 3 is 2.50 bits per heavy atom. The molecule has 1 N–H and O–H groups in total. The van der Waals surface area contributed by atoms with E-state index in [1.165, 1.54) is 37.6 Å². The molecule has 0 radical (unpaired) electrons. The molecule has 2 heterocycles. The van der Waals surface area contributed by atoms with Gasteiger partial charge in [0.2, 0.25) is 10.0 Å². The van der Waals surface area contributed by atoms with Gasteiger partial charge in [0.25, 0.3) is 0 Å². The molecule has 0 spiro atoms. The Morgan fingerprint density at radius 2 is 1.93 bits per heavy atom. The summed E-state index contributed by atoms with van der Waals surface area (Å²) >= 11 is 1.07. The van der Waals surface area contributed by atoms with Crippen molar-refractivity contribution in [2.45, 2.75) is 21.3 Å². The van der Waals surface area contributed by atoms with Crippen molar-refractivity contribution in [3.63, 3.8) is 0 Å². The smallest absolute Gasteiger partial charge is 0.240 e. The summed E-state index contributed by atoms with van der Waals surface area (Å²) in [7, 11) is -6.26. The average Bonchev–Trinajstić information content (AvgIpc) is 3.36. The fraction of sp³-hybridized carbons (Fsp3) is 0.222. The molecule has 10 heteroatoms. The second-order valence-electron chi connectivity index (χ2n) is 5.96. The summed E-state index contributed by atoms with van der Waals surface area (Å²) in [6.45, 7) is 1.37. The minimum atomic E-state index is -3.93. The number of thiophene rings is 1. The molecular formula is C18H19NO6S3. The maximum Gasteiger partial charge on any atom is 0.240 e. The van der Waals surface area contributed by atoms with E-state index in [0.717, 1.165) is 11.3 Å². The zero-order chi connectivity index (χ0) is 20.4. The first-order valence-electron chi connectivity index (χ1n) is 8.21. The van der Waals surface area contributed by atoms with E-state index in [0.29, 0.717) is 11.3 Å². The number of ether oxygens (including phenoxy) is 1. The number of aryl methyl sites for hydroxylation is 1. The summed E-state index contributed by atoms with van der Waals surface area (Å²) in [4.78, 5) is 0.0255. The summed E-state index contributed by atoms with van der Waals surface area (Å²) in [6.07, 6.45) is 1.35. The van der Waals surface area contributed by atoms with Crippen molar-refractivity contribution in [2.24, 2.45) is 0 Å². The lowest BCUT2D eigenvalue weighted by atomic mass is 10.2. The molecule has 0 amide bonds. The molecule has 0 fully saturated rings. The summed E-state index contributed by atoms with van der Waals surface area (Å²) in [5, 5.41) is 0.464. The number of methoxy groups -OCH3 is 1. The fourth-order valence-electron chi connectivity index (χ4n) is 2.69. The standard InChI is InChI=1S/C18H19NO6S3/c1-13-11-14(7-8-15(13)24-2)28(22,23)19-12-17(16-5-3-9-25-16)27(20,21)18-6-4-10-26-18/h3-11,17,19H,12H2,1-2H3/t17-/m0/s1. The Balaban J connectivity index is 1.89. The zero-order valence-corrected chi connectivity index (χ0v) is 17.6. The Labute approximate surface area is 167 Å². The largest absolute Gasteiger partial charge is 0.496 e. The molecule has 7 nitrogen and oxygen atoms in total. The Hall–Kier alpha value is -2.14. The van der Waals surface area contributed by atoms with Crippen LogP contribution in [0, 0.1) is 6.92 Å². The molecule has 0 bridgehead atoms. The first kappa shape index (κ1) is 20.6. The molecule has 0 saturated carbocycles. The maximum absolute atomic E-state index is 13.0. The third-order valence-electron chi connectivity index (χ3n) is 4.15. The summed E-state index contributed by atoms with van der Waals surface area (Å²) in [5.41, 5.74) is 0.652. The predicted molar refractivity (Wildman–Crippen MR) is 106 cm³/mol. The van der Waals surface area contributed by atoms with Crippen LogP contribution >= 0.6 is 11.3 Å². The van der Waals surface area contributed by atoms with Crippen molar-refractivity contribution in [1.82, 2.24) is 4.72 Å². The van der Waals surface area contributed by atoms with E-state index < -0.39 is 25.1 Å². The van der Waals surface area contributed by atoms with Crippen molar-refractivity contribution in [3.8, 4) is 5.75 Å². The highest BCUT2D eigenvalue weighted by molar-refractivity contribution is 7.93. The quantitative estimate of drug-likeness (QED) is 0.576. The molecule has 0 unspecified atom stereocenters. The summed E-state index contributed by atoms with van der Waals surface area (Å²) < 4.78 is 64.3. The summed E-state index contributed by atoms with van der Waals surface area (Å²) in [5.74, 6) is 0.731. The van der Waals surface area contributed by atoms with Gasteiger partial charge in [-0.05, 0) is 54.3 Å². The summed E-state index contributed by atoms with van der Waals surface area (Å²) in [6, 6.07) is 10.6. The molecule has 3 aromatic rings. The van der Waals surface area contributed by atoms with Crippen molar-refractivity contribution in [3.05, 3.63) is 65.4 Å². The average molecular weight is 442 g/mol. The molecule has 1 atom stereocenters. The van der Waals surface area contributed by atoms with Crippen LogP contribution in [-0.4, -0.2) is 30.5 Å². The van der Waals surface area contributed by atoms with Crippen molar-refractivity contribution in [1.29, 1.82) is 0 Å². The lowest BCUT2D eigenvalue weighted by molar-refractivity contribution is 0.411. The monoisotopic (exact) mass is 441 g/mol. The highest BCUT2D eigenvalue weighted by Gasteiger charge is 2.33. The van der Waals surface area contributed by atoms with Crippen molar-refractivity contribution >= 4 is 31.2 Å². The van der Waals surface area contributed by atoms with Crippen LogP contribution < -0.4 is 9.46 Å². The molecule has 3 rings (SSSR count). The Kier molecular flexibility index (Phi) is 5.94. The molecule has 150 valence electrons. The van der Waals surface area contributed by atoms with Gasteiger partial charge in [-0.2, -0.15) is 0 Å². The minimum absolute atomic E-state index is 0.0255. The van der Waals surface area contributed by atoms with Crippen LogP contribution in [-0.2, 0) is 19.9 Å². The fourth-order valence-corrected chi connectivity index (χ4v) is 6.72. The normalized spacial score (nSPS) is 13.4. The lowest BCUT2D eigenvalue weighted by Crippen LogP contribution is -2.31. The molecule has 0 saturated heterocycles. The second-order valence-corrected chi connectivity index (χ2v) is 11.0. The molecule has 0 aliphatic carbocycles. The molecule has 2 aromatic heterocycles. The van der Waals surface area contributed by atoms with Crippen LogP contribution in [0.15, 0.2) is 67.6 Å². The van der Waals surface area contributed by atoms with Gasteiger partial charge in [-0.15, -0.1) is 11.3 Å². The third-order valence-corrected chi connectivity index (χ3v) is 9.06. The third kappa shape index (κ3) is 4.14. The van der Waals surface area contributed by atoms with Gasteiger partial charge < -0.3 is 9.15 Å². The highest BCUT2D eigenvalue weighted by Crippen LogP contribution is 2.32. The number of hydrogen-bond donors (Lipinski definition) is 1. The van der Waals surface area contributed by atoms with E-state index in [4.69, 9.17) is 9.15 Å². The van der Waals surface area contributed by atoms with E-state index in [9.17, 15) is 16.8 Å². The maximum atomic E-state index is 13.0. The predicted octanol–water partition coefficient (Wildman–Crippen LogP) is 3.15. The Morgan fingerprint density at radius 1 is 1.14 bits per heavy atom. The van der Waals surface area contributed by atoms with Gasteiger partial charge in [0.15, 0.2) is 9.84 Å². The van der Waals surface area contributed by atoms with Gasteiger partial charge >= 0.3 is 0 Å². The van der Waals surface area contributed by atoms with E-state index in [1.807, 2.05) is 0 Å². The zero-order valence-electron chi connectivity index (χ0n) is 15.2. The van der Waals surface area contributed by atoms with Crippen molar-refractivity contribution in [2.75, 3.05) is 13.7 Å². The minimum Gasteiger partial charge on any atom is -0.496 e. The number of furan rings is 1. The SMILES string of the molecule is COc1ccc(S(=O)(=O)NC[C@@H](c2ccco2)S(=O)(=O)c2cccs2)cc1C. The number of benzene rings is 1. The molecule has 0 aliphatic rings. The molecule has 28 heavy (non-hydrogen) atoms. The van der Waals surface area contributed by atoms with Gasteiger partial charge in [-0.1, -0.05) is 6.07 Å². The Bertz CT molecular complexity index is 1130. The van der Waals surface area contributed by atoms with Crippen LogP contribution in [0.2, 0.25) is 0 Å².